The Morgan fingerprint density at radius 1 is 1.41 bits per heavy atom. The summed E-state index contributed by atoms with van der Waals surface area (Å²) in [4.78, 5) is 11.9. The maximum Gasteiger partial charge on any atom is 0.140 e. The third-order valence-electron chi connectivity index (χ3n) is 4.18. The second-order valence-corrected chi connectivity index (χ2v) is 6.71. The molecule has 4 rings (SSSR count). The van der Waals surface area contributed by atoms with Crippen LogP contribution in [0.15, 0.2) is 23.8 Å². The van der Waals surface area contributed by atoms with Gasteiger partial charge in [0, 0.05) is 24.7 Å². The Bertz CT molecular complexity index is 798. The molecular formula is C15H17N5OS. The first-order valence-electron chi connectivity index (χ1n) is 7.33. The summed E-state index contributed by atoms with van der Waals surface area (Å²) in [6.45, 7) is 3.38. The summed E-state index contributed by atoms with van der Waals surface area (Å²) >= 11 is 1.61. The van der Waals surface area contributed by atoms with Crippen LogP contribution >= 0.6 is 11.3 Å². The van der Waals surface area contributed by atoms with Crippen molar-refractivity contribution in [2.24, 2.45) is 5.92 Å². The van der Waals surface area contributed by atoms with E-state index in [1.165, 1.54) is 0 Å². The molecule has 1 aliphatic heterocycles. The second-order valence-electron chi connectivity index (χ2n) is 5.82. The predicted molar refractivity (Wildman–Crippen MR) is 86.2 cm³/mol. The lowest BCUT2D eigenvalue weighted by molar-refractivity contribution is 0.148. The van der Waals surface area contributed by atoms with E-state index < -0.39 is 0 Å². The van der Waals surface area contributed by atoms with Crippen molar-refractivity contribution in [3.8, 4) is 0 Å². The Morgan fingerprint density at radius 2 is 2.32 bits per heavy atom. The summed E-state index contributed by atoms with van der Waals surface area (Å²) < 4.78 is 0. The highest BCUT2D eigenvalue weighted by molar-refractivity contribution is 7.16. The number of hydrogen-bond acceptors (Lipinski definition) is 6. The molecule has 4 heterocycles. The number of aromatic amines is 1. The van der Waals surface area contributed by atoms with Crippen LogP contribution in [-0.4, -0.2) is 44.5 Å². The number of nitrogens with zero attached hydrogens (tertiary/aromatic N) is 4. The number of aliphatic hydroxyl groups excluding tert-OH is 1. The van der Waals surface area contributed by atoms with Crippen LogP contribution in [0.2, 0.25) is 0 Å². The summed E-state index contributed by atoms with van der Waals surface area (Å²) in [7, 11) is 0. The van der Waals surface area contributed by atoms with Crippen molar-refractivity contribution < 1.29 is 5.11 Å². The zero-order valence-electron chi connectivity index (χ0n) is 12.2. The van der Waals surface area contributed by atoms with Crippen LogP contribution in [0.1, 0.15) is 11.4 Å². The van der Waals surface area contributed by atoms with Crippen molar-refractivity contribution >= 4 is 27.4 Å². The van der Waals surface area contributed by atoms with Gasteiger partial charge in [-0.2, -0.15) is 5.10 Å². The van der Waals surface area contributed by atoms with Crippen molar-refractivity contribution in [3.63, 3.8) is 0 Å². The fourth-order valence-corrected chi connectivity index (χ4v) is 3.83. The molecule has 1 fully saturated rings. The number of H-pyrrole nitrogens is 1. The van der Waals surface area contributed by atoms with Crippen LogP contribution in [-0.2, 0) is 6.42 Å². The van der Waals surface area contributed by atoms with Gasteiger partial charge in [0.25, 0.3) is 0 Å². The topological polar surface area (TPSA) is 77.9 Å². The fourth-order valence-electron chi connectivity index (χ4n) is 3.10. The monoisotopic (exact) mass is 315 g/mol. The number of hydrogen-bond donors (Lipinski definition) is 2. The van der Waals surface area contributed by atoms with Gasteiger partial charge in [0.2, 0.25) is 0 Å². The van der Waals surface area contributed by atoms with E-state index in [9.17, 15) is 5.11 Å². The molecule has 2 N–H and O–H groups in total. The van der Waals surface area contributed by atoms with Crippen LogP contribution < -0.4 is 4.90 Å². The van der Waals surface area contributed by atoms with Crippen LogP contribution in [0, 0.1) is 12.8 Å². The zero-order chi connectivity index (χ0) is 15.1. The SMILES string of the molecule is Cc1cc(C[C@@H]2CN(c3ncnc4sccc34)C[C@H]2O)n[nH]1. The van der Waals surface area contributed by atoms with Gasteiger partial charge in [-0.3, -0.25) is 5.10 Å². The maximum atomic E-state index is 10.4. The minimum atomic E-state index is -0.361. The van der Waals surface area contributed by atoms with E-state index in [1.54, 1.807) is 17.7 Å². The molecule has 0 amide bonds. The molecule has 6 nitrogen and oxygen atoms in total. The lowest BCUT2D eigenvalue weighted by Gasteiger charge is -2.17. The lowest BCUT2D eigenvalue weighted by atomic mass is 10.0. The molecule has 0 bridgehead atoms. The Hall–Kier alpha value is -1.99. The first kappa shape index (κ1) is 13.7. The van der Waals surface area contributed by atoms with Crippen molar-refractivity contribution in [1.82, 2.24) is 20.2 Å². The average molecular weight is 315 g/mol. The predicted octanol–water partition coefficient (Wildman–Crippen LogP) is 1.76. The fraction of sp³-hybridized carbons (Fsp3) is 0.400. The van der Waals surface area contributed by atoms with Gasteiger partial charge in [-0.05, 0) is 30.9 Å². The molecule has 0 unspecified atom stereocenters. The van der Waals surface area contributed by atoms with E-state index in [-0.39, 0.29) is 12.0 Å². The van der Waals surface area contributed by atoms with Gasteiger partial charge in [0.1, 0.15) is 17.0 Å². The molecule has 0 aromatic carbocycles. The first-order valence-corrected chi connectivity index (χ1v) is 8.21. The number of aromatic nitrogens is 4. The van der Waals surface area contributed by atoms with E-state index in [1.807, 2.05) is 24.4 Å². The number of thiophene rings is 1. The van der Waals surface area contributed by atoms with Gasteiger partial charge in [0.15, 0.2) is 0 Å². The van der Waals surface area contributed by atoms with Crippen LogP contribution in [0.3, 0.4) is 0 Å². The van der Waals surface area contributed by atoms with Crippen molar-refractivity contribution in [2.75, 3.05) is 18.0 Å². The highest BCUT2D eigenvalue weighted by Gasteiger charge is 2.33. The quantitative estimate of drug-likeness (QED) is 0.770. The number of fused-ring (bicyclic) bond motifs is 1. The molecule has 0 aliphatic carbocycles. The van der Waals surface area contributed by atoms with Gasteiger partial charge in [-0.25, -0.2) is 9.97 Å². The standard InChI is InChI=1S/C15H17N5OS/c1-9-4-11(19-18-9)5-10-6-20(7-13(10)21)14-12-2-3-22-15(12)17-8-16-14/h2-4,8,10,13,21H,5-7H2,1H3,(H,18,19)/t10-,13-/m1/s1. The average Bonchev–Trinajstić information content (AvgIpc) is 3.20. The highest BCUT2D eigenvalue weighted by Crippen LogP contribution is 2.31. The molecule has 0 saturated carbocycles. The second kappa shape index (κ2) is 5.33. The molecule has 0 radical (unpaired) electrons. The molecule has 3 aromatic rings. The van der Waals surface area contributed by atoms with Gasteiger partial charge in [-0.15, -0.1) is 11.3 Å². The van der Waals surface area contributed by atoms with E-state index in [0.717, 1.165) is 40.4 Å². The van der Waals surface area contributed by atoms with Gasteiger partial charge < -0.3 is 10.0 Å². The lowest BCUT2D eigenvalue weighted by Crippen LogP contribution is -2.22. The molecular weight excluding hydrogens is 298 g/mol. The Labute approximate surface area is 131 Å². The summed E-state index contributed by atoms with van der Waals surface area (Å²) in [6, 6.07) is 4.09. The number of rotatable bonds is 3. The first-order chi connectivity index (χ1) is 10.7. The van der Waals surface area contributed by atoms with Gasteiger partial charge in [0.05, 0.1) is 17.2 Å². The van der Waals surface area contributed by atoms with Crippen LogP contribution in [0.4, 0.5) is 5.82 Å². The summed E-state index contributed by atoms with van der Waals surface area (Å²) in [5.74, 6) is 1.09. The van der Waals surface area contributed by atoms with Crippen LogP contribution in [0.25, 0.3) is 10.2 Å². The number of anilines is 1. The maximum absolute atomic E-state index is 10.4. The van der Waals surface area contributed by atoms with E-state index in [4.69, 9.17) is 0 Å². The van der Waals surface area contributed by atoms with E-state index in [0.29, 0.717) is 6.54 Å². The summed E-state index contributed by atoms with van der Waals surface area (Å²) in [5.41, 5.74) is 2.06. The highest BCUT2D eigenvalue weighted by atomic mass is 32.1. The number of β-amino-alcohol motifs (C(OH)–C–C–N with tert-alkyl or cyclic N) is 1. The molecule has 2 atom stereocenters. The number of aliphatic hydroxyl groups is 1. The molecule has 3 aromatic heterocycles. The van der Waals surface area contributed by atoms with E-state index in [2.05, 4.69) is 25.1 Å². The van der Waals surface area contributed by atoms with E-state index >= 15 is 0 Å². The van der Waals surface area contributed by atoms with Gasteiger partial charge in [-0.1, -0.05) is 0 Å². The molecule has 114 valence electrons. The van der Waals surface area contributed by atoms with Gasteiger partial charge >= 0.3 is 0 Å². The molecule has 1 aliphatic rings. The third-order valence-corrected chi connectivity index (χ3v) is 5.00. The zero-order valence-corrected chi connectivity index (χ0v) is 13.0. The Kier molecular flexibility index (Phi) is 3.31. The largest absolute Gasteiger partial charge is 0.391 e. The smallest absolute Gasteiger partial charge is 0.140 e. The Morgan fingerprint density at radius 3 is 3.14 bits per heavy atom. The molecule has 7 heteroatoms. The summed E-state index contributed by atoms with van der Waals surface area (Å²) in [5, 5.41) is 20.7. The molecule has 22 heavy (non-hydrogen) atoms. The van der Waals surface area contributed by atoms with Crippen molar-refractivity contribution in [3.05, 3.63) is 35.2 Å². The summed E-state index contributed by atoms with van der Waals surface area (Å²) in [6.07, 6.45) is 2.02. The molecule has 1 saturated heterocycles. The molecule has 0 spiro atoms. The van der Waals surface area contributed by atoms with Crippen LogP contribution in [0.5, 0.6) is 0 Å². The Balaban J connectivity index is 1.56. The number of nitrogens with one attached hydrogen (secondary N) is 1. The minimum Gasteiger partial charge on any atom is -0.391 e. The van der Waals surface area contributed by atoms with Crippen molar-refractivity contribution in [2.45, 2.75) is 19.4 Å². The number of aryl methyl sites for hydroxylation is 1. The van der Waals surface area contributed by atoms with Crippen molar-refractivity contribution in [1.29, 1.82) is 0 Å². The third kappa shape index (κ3) is 2.36. The normalized spacial score (nSPS) is 21.8. The minimum absolute atomic E-state index is 0.173.